The SMILES string of the molecule is C.COC(=O)[C@@H](C)Cc1ccc(C#N)cn1.COC(=O)[C@@H](C)Cc1ccc(CN)cn1. The highest BCUT2D eigenvalue weighted by atomic mass is 16.5. The first-order valence-corrected chi connectivity index (χ1v) is 9.49. The fraction of sp³-hybridized carbons (Fsp3) is 0.435. The van der Waals surface area contributed by atoms with Gasteiger partial charge in [0.2, 0.25) is 0 Å². The van der Waals surface area contributed by atoms with E-state index >= 15 is 0 Å². The normalized spacial score (nSPS) is 11.5. The van der Waals surface area contributed by atoms with Gasteiger partial charge in [0.25, 0.3) is 0 Å². The quantitative estimate of drug-likeness (QED) is 0.667. The second-order valence-electron chi connectivity index (χ2n) is 6.77. The molecule has 0 radical (unpaired) electrons. The zero-order valence-corrected chi connectivity index (χ0v) is 17.8. The molecule has 0 bridgehead atoms. The van der Waals surface area contributed by atoms with Gasteiger partial charge in [0.05, 0.1) is 31.6 Å². The number of rotatable bonds is 7. The number of aromatic nitrogens is 2. The molecular weight excluding hydrogens is 396 g/mol. The van der Waals surface area contributed by atoms with Gasteiger partial charge in [0.1, 0.15) is 6.07 Å². The summed E-state index contributed by atoms with van der Waals surface area (Å²) in [5.41, 5.74) is 8.63. The lowest BCUT2D eigenvalue weighted by atomic mass is 10.1. The van der Waals surface area contributed by atoms with Crippen LogP contribution in [0.1, 0.15) is 43.8 Å². The van der Waals surface area contributed by atoms with Crippen LogP contribution >= 0.6 is 0 Å². The lowest BCUT2D eigenvalue weighted by molar-refractivity contribution is -0.145. The minimum atomic E-state index is -0.249. The molecule has 2 aromatic heterocycles. The monoisotopic (exact) mass is 428 g/mol. The molecule has 8 heteroatoms. The van der Waals surface area contributed by atoms with Crippen LogP contribution < -0.4 is 5.73 Å². The number of carbonyl (C=O) groups is 2. The molecule has 2 aromatic rings. The van der Waals surface area contributed by atoms with Gasteiger partial charge in [-0.1, -0.05) is 27.3 Å². The van der Waals surface area contributed by atoms with Crippen molar-refractivity contribution < 1.29 is 19.1 Å². The summed E-state index contributed by atoms with van der Waals surface area (Å²) >= 11 is 0. The highest BCUT2D eigenvalue weighted by Gasteiger charge is 2.14. The number of nitrogens with zero attached hydrogens (tertiary/aromatic N) is 3. The van der Waals surface area contributed by atoms with Crippen LogP contribution in [0.3, 0.4) is 0 Å². The summed E-state index contributed by atoms with van der Waals surface area (Å²) in [6, 6.07) is 9.24. The highest BCUT2D eigenvalue weighted by Crippen LogP contribution is 2.09. The number of esters is 2. The van der Waals surface area contributed by atoms with Crippen LogP contribution in [0.25, 0.3) is 0 Å². The van der Waals surface area contributed by atoms with Gasteiger partial charge in [-0.05, 0) is 23.8 Å². The van der Waals surface area contributed by atoms with Crippen LogP contribution in [-0.4, -0.2) is 36.1 Å². The van der Waals surface area contributed by atoms with Crippen molar-refractivity contribution in [2.24, 2.45) is 17.6 Å². The summed E-state index contributed by atoms with van der Waals surface area (Å²) < 4.78 is 9.25. The van der Waals surface area contributed by atoms with Gasteiger partial charge in [0.15, 0.2) is 0 Å². The Morgan fingerprint density at radius 3 is 1.77 bits per heavy atom. The third-order valence-corrected chi connectivity index (χ3v) is 4.31. The largest absolute Gasteiger partial charge is 0.469 e. The van der Waals surface area contributed by atoms with E-state index in [0.717, 1.165) is 17.0 Å². The van der Waals surface area contributed by atoms with E-state index in [0.29, 0.717) is 24.9 Å². The molecule has 2 atom stereocenters. The predicted octanol–water partition coefficient (Wildman–Crippen LogP) is 2.83. The predicted molar refractivity (Wildman–Crippen MR) is 118 cm³/mol. The van der Waals surface area contributed by atoms with E-state index in [2.05, 4.69) is 19.4 Å². The van der Waals surface area contributed by atoms with E-state index < -0.39 is 0 Å². The fourth-order valence-electron chi connectivity index (χ4n) is 2.50. The first kappa shape index (κ1) is 27.7. The minimum Gasteiger partial charge on any atom is -0.469 e. The average molecular weight is 429 g/mol. The Morgan fingerprint density at radius 2 is 1.45 bits per heavy atom. The van der Waals surface area contributed by atoms with Gasteiger partial charge < -0.3 is 15.2 Å². The van der Waals surface area contributed by atoms with Crippen LogP contribution in [-0.2, 0) is 38.4 Å². The Hall–Kier alpha value is -3.31. The number of carbonyl (C=O) groups excluding carboxylic acids is 2. The number of hydrogen-bond donors (Lipinski definition) is 1. The van der Waals surface area contributed by atoms with Crippen LogP contribution in [0.5, 0.6) is 0 Å². The molecule has 2 rings (SSSR count). The summed E-state index contributed by atoms with van der Waals surface area (Å²) in [6.07, 6.45) is 4.36. The molecule has 2 N–H and O–H groups in total. The maximum atomic E-state index is 11.2. The van der Waals surface area contributed by atoms with Crippen molar-refractivity contribution in [1.29, 1.82) is 5.26 Å². The molecule has 2 heterocycles. The van der Waals surface area contributed by atoms with Crippen molar-refractivity contribution in [2.45, 2.75) is 40.7 Å². The molecular formula is C23H32N4O4. The summed E-state index contributed by atoms with van der Waals surface area (Å²) in [7, 11) is 2.76. The minimum absolute atomic E-state index is 0. The number of methoxy groups -OCH3 is 2. The van der Waals surface area contributed by atoms with E-state index in [1.165, 1.54) is 20.4 Å². The average Bonchev–Trinajstić information content (AvgIpc) is 2.79. The molecule has 8 nitrogen and oxygen atoms in total. The third kappa shape index (κ3) is 9.83. The molecule has 0 aliphatic rings. The van der Waals surface area contributed by atoms with Gasteiger partial charge in [-0.2, -0.15) is 5.26 Å². The van der Waals surface area contributed by atoms with Crippen molar-refractivity contribution in [3.63, 3.8) is 0 Å². The maximum Gasteiger partial charge on any atom is 0.308 e. The van der Waals surface area contributed by atoms with Crippen LogP contribution in [0, 0.1) is 23.2 Å². The first-order chi connectivity index (χ1) is 14.3. The molecule has 0 aliphatic carbocycles. The van der Waals surface area contributed by atoms with Gasteiger partial charge in [-0.15, -0.1) is 0 Å². The third-order valence-electron chi connectivity index (χ3n) is 4.31. The van der Waals surface area contributed by atoms with Crippen molar-refractivity contribution in [1.82, 2.24) is 9.97 Å². The molecule has 31 heavy (non-hydrogen) atoms. The number of nitrogens with two attached hydrogens (primary N) is 1. The Morgan fingerprint density at radius 1 is 0.968 bits per heavy atom. The maximum absolute atomic E-state index is 11.2. The number of hydrogen-bond acceptors (Lipinski definition) is 8. The molecule has 0 saturated heterocycles. The van der Waals surface area contributed by atoms with E-state index in [9.17, 15) is 9.59 Å². The highest BCUT2D eigenvalue weighted by molar-refractivity contribution is 5.72. The summed E-state index contributed by atoms with van der Waals surface area (Å²) in [5, 5.41) is 8.57. The molecule has 0 aromatic carbocycles. The van der Waals surface area contributed by atoms with Gasteiger partial charge in [-0.3, -0.25) is 19.6 Å². The topological polar surface area (TPSA) is 128 Å². The van der Waals surface area contributed by atoms with E-state index in [1.54, 1.807) is 25.3 Å². The molecule has 0 amide bonds. The Balaban J connectivity index is 0.000000562. The zero-order chi connectivity index (χ0) is 22.5. The van der Waals surface area contributed by atoms with Gasteiger partial charge in [0, 0.05) is 43.2 Å². The smallest absolute Gasteiger partial charge is 0.308 e. The second-order valence-corrected chi connectivity index (χ2v) is 6.77. The van der Waals surface area contributed by atoms with Crippen molar-refractivity contribution >= 4 is 11.9 Å². The fourth-order valence-corrected chi connectivity index (χ4v) is 2.50. The molecule has 0 unspecified atom stereocenters. The number of nitriles is 1. The standard InChI is InChI=1S/C11H16N2O2.C11H12N2O2.CH4/c2*1-8(11(14)15-2)5-10-4-3-9(6-12)7-13-10;/h3-4,7-8H,5-6,12H2,1-2H3;3-4,7-8H,5H2,1-2H3;1H4/t2*8-;/m00./s1. The van der Waals surface area contributed by atoms with E-state index in [-0.39, 0.29) is 31.2 Å². The lowest BCUT2D eigenvalue weighted by Crippen LogP contribution is -2.15. The molecule has 0 aliphatic heterocycles. The molecule has 0 saturated carbocycles. The zero-order valence-electron chi connectivity index (χ0n) is 17.8. The second kappa shape index (κ2) is 14.6. The van der Waals surface area contributed by atoms with E-state index in [1.807, 2.05) is 25.1 Å². The Labute approximate surface area is 184 Å². The van der Waals surface area contributed by atoms with Gasteiger partial charge in [-0.25, -0.2) is 0 Å². The van der Waals surface area contributed by atoms with Gasteiger partial charge >= 0.3 is 11.9 Å². The Bertz CT molecular complexity index is 845. The first-order valence-electron chi connectivity index (χ1n) is 9.49. The van der Waals surface area contributed by atoms with Crippen LogP contribution in [0.15, 0.2) is 36.7 Å². The molecule has 0 fully saturated rings. The lowest BCUT2D eigenvalue weighted by Gasteiger charge is -2.08. The summed E-state index contributed by atoms with van der Waals surface area (Å²) in [5.74, 6) is -0.831. The van der Waals surface area contributed by atoms with E-state index in [4.69, 9.17) is 11.0 Å². The van der Waals surface area contributed by atoms with Crippen molar-refractivity contribution in [3.8, 4) is 6.07 Å². The number of pyridine rings is 2. The van der Waals surface area contributed by atoms with Crippen molar-refractivity contribution in [2.75, 3.05) is 14.2 Å². The molecule has 0 spiro atoms. The molecule has 168 valence electrons. The number of ether oxygens (including phenoxy) is 2. The Kier molecular flexibility index (Phi) is 13.1. The van der Waals surface area contributed by atoms with Crippen molar-refractivity contribution in [3.05, 3.63) is 59.2 Å². The van der Waals surface area contributed by atoms with Crippen LogP contribution in [0.2, 0.25) is 0 Å². The van der Waals surface area contributed by atoms with Crippen LogP contribution in [0.4, 0.5) is 0 Å². The summed E-state index contributed by atoms with van der Waals surface area (Å²) in [6.45, 7) is 4.09. The summed E-state index contributed by atoms with van der Waals surface area (Å²) in [4.78, 5) is 30.6.